The van der Waals surface area contributed by atoms with Crippen LogP contribution in [0.3, 0.4) is 0 Å². The second-order valence-electron chi connectivity index (χ2n) is 7.96. The standard InChI is InChI=1S/C21H24FNO3/c1-12-17-15(24)9-6-10-16(17)26-18(12)20(25)23-19(21(2,3)4)13-7-5-8-14(22)11-13/h5,7-8,11,19H,6,9-10H2,1-4H3,(H,23,25)/t19-/m1/s1. The van der Waals surface area contributed by atoms with E-state index in [4.69, 9.17) is 4.42 Å². The van der Waals surface area contributed by atoms with Crippen LogP contribution in [0.25, 0.3) is 0 Å². The number of amides is 1. The summed E-state index contributed by atoms with van der Waals surface area (Å²) in [5.74, 6) is 0.0806. The van der Waals surface area contributed by atoms with E-state index in [0.29, 0.717) is 35.3 Å². The van der Waals surface area contributed by atoms with Gasteiger partial charge in [-0.2, -0.15) is 0 Å². The van der Waals surface area contributed by atoms with Crippen molar-refractivity contribution in [3.63, 3.8) is 0 Å². The topological polar surface area (TPSA) is 59.3 Å². The van der Waals surface area contributed by atoms with Gasteiger partial charge in [-0.1, -0.05) is 32.9 Å². The molecule has 1 atom stereocenters. The van der Waals surface area contributed by atoms with Crippen LogP contribution >= 0.6 is 0 Å². The van der Waals surface area contributed by atoms with Crippen molar-refractivity contribution in [2.45, 2.75) is 53.0 Å². The number of halogens is 1. The minimum absolute atomic E-state index is 0.0315. The predicted octanol–water partition coefficient (Wildman–Crippen LogP) is 4.76. The van der Waals surface area contributed by atoms with Crippen LogP contribution in [0.5, 0.6) is 0 Å². The lowest BCUT2D eigenvalue weighted by Crippen LogP contribution is -2.36. The average molecular weight is 357 g/mol. The third-order valence-electron chi connectivity index (χ3n) is 4.84. The highest BCUT2D eigenvalue weighted by Gasteiger charge is 2.33. The quantitative estimate of drug-likeness (QED) is 0.861. The molecule has 0 spiro atoms. The highest BCUT2D eigenvalue weighted by Crippen LogP contribution is 2.34. The number of carbonyl (C=O) groups excluding carboxylic acids is 2. The van der Waals surface area contributed by atoms with E-state index in [9.17, 15) is 14.0 Å². The second-order valence-corrected chi connectivity index (χ2v) is 7.96. The number of furan rings is 1. The Balaban J connectivity index is 1.93. The molecule has 1 heterocycles. The first-order chi connectivity index (χ1) is 12.2. The van der Waals surface area contributed by atoms with Crippen LogP contribution in [0.4, 0.5) is 4.39 Å². The van der Waals surface area contributed by atoms with Gasteiger partial charge in [0.25, 0.3) is 5.91 Å². The number of hydrogen-bond acceptors (Lipinski definition) is 3. The molecule has 0 unspecified atom stereocenters. The Bertz CT molecular complexity index is 861. The molecular weight excluding hydrogens is 333 g/mol. The summed E-state index contributed by atoms with van der Waals surface area (Å²) in [6.45, 7) is 7.68. The molecule has 1 aromatic heterocycles. The summed E-state index contributed by atoms with van der Waals surface area (Å²) in [6.07, 6.45) is 1.90. The molecule has 3 rings (SSSR count). The van der Waals surface area contributed by atoms with E-state index in [-0.39, 0.29) is 28.7 Å². The summed E-state index contributed by atoms with van der Waals surface area (Å²) in [5, 5.41) is 2.97. The number of ketones is 1. The highest BCUT2D eigenvalue weighted by atomic mass is 19.1. The molecular formula is C21H24FNO3. The zero-order valence-electron chi connectivity index (χ0n) is 15.6. The van der Waals surface area contributed by atoms with Gasteiger partial charge in [0, 0.05) is 18.4 Å². The fraction of sp³-hybridized carbons (Fsp3) is 0.429. The number of fused-ring (bicyclic) bond motifs is 1. The molecule has 0 radical (unpaired) electrons. The minimum atomic E-state index is -0.400. The molecule has 1 aliphatic rings. The van der Waals surface area contributed by atoms with Gasteiger partial charge in [0.2, 0.25) is 0 Å². The van der Waals surface area contributed by atoms with Crippen molar-refractivity contribution in [2.75, 3.05) is 0 Å². The van der Waals surface area contributed by atoms with Crippen molar-refractivity contribution in [2.24, 2.45) is 5.41 Å². The molecule has 138 valence electrons. The Morgan fingerprint density at radius 1 is 1.27 bits per heavy atom. The van der Waals surface area contributed by atoms with Gasteiger partial charge in [-0.3, -0.25) is 9.59 Å². The molecule has 0 bridgehead atoms. The summed E-state index contributed by atoms with van der Waals surface area (Å²) in [5.41, 5.74) is 1.50. The van der Waals surface area contributed by atoms with E-state index < -0.39 is 6.04 Å². The van der Waals surface area contributed by atoms with Crippen LogP contribution in [-0.2, 0) is 6.42 Å². The molecule has 0 aliphatic heterocycles. The molecule has 1 amide bonds. The lowest BCUT2D eigenvalue weighted by Gasteiger charge is -2.31. The van der Waals surface area contributed by atoms with Crippen LogP contribution in [0.15, 0.2) is 28.7 Å². The minimum Gasteiger partial charge on any atom is -0.455 e. The Labute approximate surface area is 152 Å². The second kappa shape index (κ2) is 6.71. The number of hydrogen-bond donors (Lipinski definition) is 1. The first-order valence-electron chi connectivity index (χ1n) is 8.90. The molecule has 0 saturated carbocycles. The van der Waals surface area contributed by atoms with Gasteiger partial charge < -0.3 is 9.73 Å². The molecule has 0 saturated heterocycles. The monoisotopic (exact) mass is 357 g/mol. The highest BCUT2D eigenvalue weighted by molar-refractivity contribution is 6.03. The SMILES string of the molecule is Cc1c(C(=O)N[C@H](c2cccc(F)c2)C(C)(C)C)oc2c1C(=O)CCC2. The van der Waals surface area contributed by atoms with Gasteiger partial charge in [0.1, 0.15) is 11.6 Å². The lowest BCUT2D eigenvalue weighted by atomic mass is 9.82. The van der Waals surface area contributed by atoms with E-state index in [1.54, 1.807) is 19.1 Å². The molecule has 1 aromatic carbocycles. The van der Waals surface area contributed by atoms with Crippen LogP contribution < -0.4 is 5.32 Å². The number of aryl methyl sites for hydroxylation is 1. The first kappa shape index (κ1) is 18.4. The number of Topliss-reactive ketones (excluding diaryl/α,β-unsaturated/α-hetero) is 1. The van der Waals surface area contributed by atoms with Crippen molar-refractivity contribution in [1.29, 1.82) is 0 Å². The summed E-state index contributed by atoms with van der Waals surface area (Å²) < 4.78 is 19.4. The zero-order valence-corrected chi connectivity index (χ0v) is 15.6. The molecule has 2 aromatic rings. The van der Waals surface area contributed by atoms with E-state index >= 15 is 0 Å². The number of benzene rings is 1. The van der Waals surface area contributed by atoms with Gasteiger partial charge in [-0.25, -0.2) is 4.39 Å². The molecule has 4 nitrogen and oxygen atoms in total. The predicted molar refractivity (Wildman–Crippen MR) is 96.8 cm³/mol. The molecule has 5 heteroatoms. The van der Waals surface area contributed by atoms with Gasteiger partial charge in [-0.05, 0) is 36.5 Å². The van der Waals surface area contributed by atoms with Gasteiger partial charge in [0.05, 0.1) is 11.6 Å². The maximum absolute atomic E-state index is 13.7. The number of carbonyl (C=O) groups is 2. The van der Waals surface area contributed by atoms with Gasteiger partial charge in [0.15, 0.2) is 11.5 Å². The van der Waals surface area contributed by atoms with Crippen LogP contribution in [0.2, 0.25) is 0 Å². The van der Waals surface area contributed by atoms with E-state index in [2.05, 4.69) is 5.32 Å². The van der Waals surface area contributed by atoms with E-state index in [0.717, 1.165) is 6.42 Å². The van der Waals surface area contributed by atoms with Crippen LogP contribution in [0, 0.1) is 18.2 Å². The van der Waals surface area contributed by atoms with Gasteiger partial charge in [-0.15, -0.1) is 0 Å². The molecule has 1 N–H and O–H groups in total. The van der Waals surface area contributed by atoms with E-state index in [1.807, 2.05) is 20.8 Å². The summed E-state index contributed by atoms with van der Waals surface area (Å²) in [7, 11) is 0. The Hall–Kier alpha value is -2.43. The van der Waals surface area contributed by atoms with Gasteiger partial charge >= 0.3 is 0 Å². The number of nitrogens with one attached hydrogen (secondary N) is 1. The zero-order chi connectivity index (χ0) is 19.1. The maximum Gasteiger partial charge on any atom is 0.287 e. The first-order valence-corrected chi connectivity index (χ1v) is 8.90. The third kappa shape index (κ3) is 3.43. The lowest BCUT2D eigenvalue weighted by molar-refractivity contribution is 0.0869. The third-order valence-corrected chi connectivity index (χ3v) is 4.84. The Morgan fingerprint density at radius 2 is 2.00 bits per heavy atom. The van der Waals surface area contributed by atoms with Crippen molar-refractivity contribution in [3.8, 4) is 0 Å². The van der Waals surface area contributed by atoms with Crippen molar-refractivity contribution in [3.05, 3.63) is 58.3 Å². The Kier molecular flexibility index (Phi) is 4.74. The molecule has 26 heavy (non-hydrogen) atoms. The molecule has 1 aliphatic carbocycles. The van der Waals surface area contributed by atoms with Crippen LogP contribution in [-0.4, -0.2) is 11.7 Å². The van der Waals surface area contributed by atoms with Crippen molar-refractivity contribution < 1.29 is 18.4 Å². The van der Waals surface area contributed by atoms with Crippen LogP contribution in [0.1, 0.15) is 77.5 Å². The maximum atomic E-state index is 13.7. The largest absolute Gasteiger partial charge is 0.455 e. The van der Waals surface area contributed by atoms with Crippen molar-refractivity contribution in [1.82, 2.24) is 5.32 Å². The van der Waals surface area contributed by atoms with Crippen molar-refractivity contribution >= 4 is 11.7 Å². The van der Waals surface area contributed by atoms with E-state index in [1.165, 1.54) is 12.1 Å². The fourth-order valence-electron chi connectivity index (χ4n) is 3.55. The molecule has 0 fully saturated rings. The average Bonchev–Trinajstić information content (AvgIpc) is 2.89. The normalized spacial score (nSPS) is 15.5. The smallest absolute Gasteiger partial charge is 0.287 e. The fourth-order valence-corrected chi connectivity index (χ4v) is 3.55. The summed E-state index contributed by atoms with van der Waals surface area (Å²) in [6, 6.07) is 5.83. The summed E-state index contributed by atoms with van der Waals surface area (Å²) >= 11 is 0. The number of rotatable bonds is 3. The summed E-state index contributed by atoms with van der Waals surface area (Å²) in [4.78, 5) is 25.0. The Morgan fingerprint density at radius 3 is 2.62 bits per heavy atom.